The van der Waals surface area contributed by atoms with Gasteiger partial charge in [0.2, 0.25) is 0 Å². The highest BCUT2D eigenvalue weighted by Gasteiger charge is 2.06. The van der Waals surface area contributed by atoms with E-state index < -0.39 is 0 Å². The molecule has 0 atom stereocenters. The Kier molecular flexibility index (Phi) is 5.03. The molecule has 0 fully saturated rings. The fourth-order valence-electron chi connectivity index (χ4n) is 1.26. The minimum atomic E-state index is 0.114. The fraction of sp³-hybridized carbons (Fsp3) is 0.667. The van der Waals surface area contributed by atoms with Crippen molar-refractivity contribution in [3.05, 3.63) is 16.1 Å². The minimum Gasteiger partial charge on any atom is -0.395 e. The number of nitrogens with zero attached hydrogens (tertiary/aromatic N) is 2. The maximum atomic E-state index is 8.81. The molecule has 4 nitrogen and oxygen atoms in total. The predicted molar refractivity (Wildman–Crippen MR) is 56.3 cm³/mol. The molecular formula is C9H16N2O2S. The first-order valence-electron chi connectivity index (χ1n) is 4.61. The summed E-state index contributed by atoms with van der Waals surface area (Å²) in [4.78, 5) is 6.31. The van der Waals surface area contributed by atoms with Gasteiger partial charge in [0.25, 0.3) is 0 Å². The first-order valence-corrected chi connectivity index (χ1v) is 5.49. The number of aromatic nitrogens is 1. The molecule has 80 valence electrons. The summed E-state index contributed by atoms with van der Waals surface area (Å²) in [5.41, 5.74) is 1.01. The van der Waals surface area contributed by atoms with E-state index in [0.29, 0.717) is 19.6 Å². The summed E-state index contributed by atoms with van der Waals surface area (Å²) in [7, 11) is 0. The molecule has 0 bridgehead atoms. The van der Waals surface area contributed by atoms with Crippen molar-refractivity contribution in [3.8, 4) is 0 Å². The molecule has 1 aromatic heterocycles. The Morgan fingerprint density at radius 1 is 1.36 bits per heavy atom. The van der Waals surface area contributed by atoms with Gasteiger partial charge in [-0.2, -0.15) is 0 Å². The Bertz CT molecular complexity index is 259. The number of thiazole rings is 1. The standard InChI is InChI=1S/C9H16N2O2S/c1-8-10-9(7-14-8)6-11(2-4-12)3-5-13/h7,12-13H,2-6H2,1H3. The van der Waals surface area contributed by atoms with Crippen molar-refractivity contribution < 1.29 is 10.2 Å². The van der Waals surface area contributed by atoms with Gasteiger partial charge in [-0.05, 0) is 6.92 Å². The summed E-state index contributed by atoms with van der Waals surface area (Å²) < 4.78 is 0. The number of aryl methyl sites for hydroxylation is 1. The van der Waals surface area contributed by atoms with E-state index in [1.807, 2.05) is 17.2 Å². The van der Waals surface area contributed by atoms with Crippen molar-refractivity contribution in [1.29, 1.82) is 0 Å². The number of rotatable bonds is 6. The van der Waals surface area contributed by atoms with Gasteiger partial charge in [-0.1, -0.05) is 0 Å². The summed E-state index contributed by atoms with van der Waals surface area (Å²) in [5, 5.41) is 20.7. The second-order valence-electron chi connectivity index (χ2n) is 3.08. The molecule has 1 heterocycles. The zero-order chi connectivity index (χ0) is 10.4. The number of aliphatic hydroxyl groups excluding tert-OH is 2. The molecule has 0 aliphatic rings. The predicted octanol–water partition coefficient (Wildman–Crippen LogP) is 0.238. The molecule has 0 aliphatic heterocycles. The molecule has 5 heteroatoms. The Morgan fingerprint density at radius 2 is 2.00 bits per heavy atom. The molecule has 0 spiro atoms. The topological polar surface area (TPSA) is 56.6 Å². The van der Waals surface area contributed by atoms with Crippen LogP contribution in [0.5, 0.6) is 0 Å². The van der Waals surface area contributed by atoms with Crippen LogP contribution in [0.3, 0.4) is 0 Å². The monoisotopic (exact) mass is 216 g/mol. The van der Waals surface area contributed by atoms with Crippen molar-refractivity contribution >= 4 is 11.3 Å². The van der Waals surface area contributed by atoms with Gasteiger partial charge in [0.15, 0.2) is 0 Å². The van der Waals surface area contributed by atoms with Crippen LogP contribution >= 0.6 is 11.3 Å². The summed E-state index contributed by atoms with van der Waals surface area (Å²) in [6, 6.07) is 0. The number of hydrogen-bond acceptors (Lipinski definition) is 5. The molecular weight excluding hydrogens is 200 g/mol. The molecule has 0 unspecified atom stereocenters. The SMILES string of the molecule is Cc1nc(CN(CCO)CCO)cs1. The van der Waals surface area contributed by atoms with Crippen LogP contribution in [0.2, 0.25) is 0 Å². The second kappa shape index (κ2) is 6.08. The summed E-state index contributed by atoms with van der Waals surface area (Å²) in [6.07, 6.45) is 0. The first-order chi connectivity index (χ1) is 6.76. The zero-order valence-electron chi connectivity index (χ0n) is 8.31. The molecule has 0 saturated carbocycles. The van der Waals surface area contributed by atoms with Gasteiger partial charge in [-0.3, -0.25) is 4.90 Å². The van der Waals surface area contributed by atoms with Crippen LogP contribution in [0.15, 0.2) is 5.38 Å². The lowest BCUT2D eigenvalue weighted by Gasteiger charge is -2.18. The van der Waals surface area contributed by atoms with E-state index in [2.05, 4.69) is 4.98 Å². The molecule has 0 amide bonds. The summed E-state index contributed by atoms with van der Waals surface area (Å²) >= 11 is 1.62. The first kappa shape index (κ1) is 11.6. The van der Waals surface area contributed by atoms with Crippen LogP contribution in [-0.4, -0.2) is 46.4 Å². The lowest BCUT2D eigenvalue weighted by molar-refractivity contribution is 0.155. The van der Waals surface area contributed by atoms with E-state index in [4.69, 9.17) is 10.2 Å². The zero-order valence-corrected chi connectivity index (χ0v) is 9.13. The third kappa shape index (κ3) is 3.71. The van der Waals surface area contributed by atoms with Crippen molar-refractivity contribution in [2.75, 3.05) is 26.3 Å². The second-order valence-corrected chi connectivity index (χ2v) is 4.14. The average molecular weight is 216 g/mol. The molecule has 0 saturated heterocycles. The van der Waals surface area contributed by atoms with Crippen molar-refractivity contribution in [1.82, 2.24) is 9.88 Å². The van der Waals surface area contributed by atoms with Gasteiger partial charge in [-0.25, -0.2) is 4.98 Å². The summed E-state index contributed by atoms with van der Waals surface area (Å²) in [5.74, 6) is 0. The smallest absolute Gasteiger partial charge is 0.0897 e. The van der Waals surface area contributed by atoms with Crippen LogP contribution in [0.1, 0.15) is 10.7 Å². The lowest BCUT2D eigenvalue weighted by atomic mass is 10.4. The fourth-order valence-corrected chi connectivity index (χ4v) is 1.87. The number of hydrogen-bond donors (Lipinski definition) is 2. The minimum absolute atomic E-state index is 0.114. The third-order valence-corrected chi connectivity index (χ3v) is 2.71. The van der Waals surface area contributed by atoms with Crippen LogP contribution in [-0.2, 0) is 6.54 Å². The Balaban J connectivity index is 2.46. The van der Waals surface area contributed by atoms with Gasteiger partial charge in [0, 0.05) is 25.0 Å². The van der Waals surface area contributed by atoms with Gasteiger partial charge in [0.05, 0.1) is 23.9 Å². The van der Waals surface area contributed by atoms with Crippen molar-refractivity contribution in [3.63, 3.8) is 0 Å². The molecule has 1 aromatic rings. The molecule has 0 radical (unpaired) electrons. The van der Waals surface area contributed by atoms with E-state index in [1.165, 1.54) is 0 Å². The van der Waals surface area contributed by atoms with E-state index in [9.17, 15) is 0 Å². The van der Waals surface area contributed by atoms with Gasteiger partial charge >= 0.3 is 0 Å². The quantitative estimate of drug-likeness (QED) is 0.715. The van der Waals surface area contributed by atoms with Crippen LogP contribution in [0, 0.1) is 6.92 Å². The van der Waals surface area contributed by atoms with Gasteiger partial charge < -0.3 is 10.2 Å². The highest BCUT2D eigenvalue weighted by atomic mass is 32.1. The Labute approximate surface area is 87.8 Å². The Morgan fingerprint density at radius 3 is 2.43 bits per heavy atom. The molecule has 14 heavy (non-hydrogen) atoms. The van der Waals surface area contributed by atoms with Gasteiger partial charge in [0.1, 0.15) is 0 Å². The largest absolute Gasteiger partial charge is 0.395 e. The average Bonchev–Trinajstić information content (AvgIpc) is 2.52. The van der Waals surface area contributed by atoms with Crippen molar-refractivity contribution in [2.24, 2.45) is 0 Å². The highest BCUT2D eigenvalue weighted by molar-refractivity contribution is 7.09. The molecule has 1 rings (SSSR count). The number of aliphatic hydroxyl groups is 2. The van der Waals surface area contributed by atoms with Crippen LogP contribution in [0.4, 0.5) is 0 Å². The lowest BCUT2D eigenvalue weighted by Crippen LogP contribution is -2.29. The van der Waals surface area contributed by atoms with E-state index in [1.54, 1.807) is 11.3 Å². The maximum Gasteiger partial charge on any atom is 0.0897 e. The molecule has 0 aliphatic carbocycles. The van der Waals surface area contributed by atoms with Crippen LogP contribution in [0.25, 0.3) is 0 Å². The van der Waals surface area contributed by atoms with Crippen LogP contribution < -0.4 is 0 Å². The van der Waals surface area contributed by atoms with Crippen molar-refractivity contribution in [2.45, 2.75) is 13.5 Å². The molecule has 2 N–H and O–H groups in total. The Hall–Kier alpha value is -0.490. The van der Waals surface area contributed by atoms with Gasteiger partial charge in [-0.15, -0.1) is 11.3 Å². The van der Waals surface area contributed by atoms with E-state index in [-0.39, 0.29) is 13.2 Å². The van der Waals surface area contributed by atoms with E-state index in [0.717, 1.165) is 10.7 Å². The third-order valence-electron chi connectivity index (χ3n) is 1.88. The maximum absolute atomic E-state index is 8.81. The summed E-state index contributed by atoms with van der Waals surface area (Å²) in [6.45, 7) is 4.06. The molecule has 0 aromatic carbocycles. The normalized spacial score (nSPS) is 11.1. The van der Waals surface area contributed by atoms with E-state index >= 15 is 0 Å². The highest BCUT2D eigenvalue weighted by Crippen LogP contribution is 2.09.